The van der Waals surface area contributed by atoms with Gasteiger partial charge in [-0.2, -0.15) is 0 Å². The Hall–Kier alpha value is -0.680. The van der Waals surface area contributed by atoms with Crippen molar-refractivity contribution in [3.05, 3.63) is 16.0 Å². The predicted octanol–water partition coefficient (Wildman–Crippen LogP) is 2.51. The van der Waals surface area contributed by atoms with E-state index in [1.54, 1.807) is 0 Å². The van der Waals surface area contributed by atoms with E-state index in [9.17, 15) is 0 Å². The second kappa shape index (κ2) is 5.75. The number of nitrogens with one attached hydrogen (secondary N) is 1. The lowest BCUT2D eigenvalue weighted by Crippen LogP contribution is -2.30. The Labute approximate surface area is 123 Å². The van der Waals surface area contributed by atoms with E-state index in [4.69, 9.17) is 0 Å². The minimum Gasteiger partial charge on any atom is -0.359 e. The molecule has 0 bridgehead atoms. The fraction of sp³-hybridized carbons (Fsp3) is 0.714. The molecule has 5 heteroatoms. The van der Waals surface area contributed by atoms with Crippen LogP contribution in [0.25, 0.3) is 0 Å². The van der Waals surface area contributed by atoms with Crippen LogP contribution in [-0.2, 0) is 13.0 Å². The second-order valence-corrected chi connectivity index (χ2v) is 6.38. The van der Waals surface area contributed by atoms with Crippen molar-refractivity contribution in [1.82, 2.24) is 15.3 Å². The van der Waals surface area contributed by atoms with Crippen LogP contribution in [0.4, 0.5) is 5.82 Å². The molecule has 0 spiro atoms. The van der Waals surface area contributed by atoms with Gasteiger partial charge in [-0.1, -0.05) is 19.3 Å². The van der Waals surface area contributed by atoms with Gasteiger partial charge in [-0.3, -0.25) is 0 Å². The van der Waals surface area contributed by atoms with Gasteiger partial charge >= 0.3 is 0 Å². The van der Waals surface area contributed by atoms with Crippen molar-refractivity contribution in [2.24, 2.45) is 5.92 Å². The normalized spacial score (nSPS) is 18.8. The first-order chi connectivity index (χ1) is 9.24. The molecule has 1 N–H and O–H groups in total. The number of halogens is 1. The summed E-state index contributed by atoms with van der Waals surface area (Å²) in [6.45, 7) is 3.01. The lowest BCUT2D eigenvalue weighted by atomic mass is 9.83. The summed E-state index contributed by atoms with van der Waals surface area (Å²) in [7, 11) is 2.16. The Morgan fingerprint density at radius 3 is 2.95 bits per heavy atom. The van der Waals surface area contributed by atoms with Crippen LogP contribution in [0.3, 0.4) is 0 Å². The minimum absolute atomic E-state index is 0.721. The molecular weight excluding hydrogens is 304 g/mol. The molecule has 3 rings (SSSR count). The van der Waals surface area contributed by atoms with Crippen LogP contribution in [0.2, 0.25) is 0 Å². The maximum Gasteiger partial charge on any atom is 0.198 e. The van der Waals surface area contributed by atoms with Crippen LogP contribution in [0.1, 0.15) is 36.9 Å². The molecule has 0 aromatic carbocycles. The van der Waals surface area contributed by atoms with E-state index in [1.165, 1.54) is 36.9 Å². The summed E-state index contributed by atoms with van der Waals surface area (Å²) in [4.78, 5) is 11.4. The zero-order valence-corrected chi connectivity index (χ0v) is 13.0. The standard InChI is InChI=1S/C14H21BrN4/c1-19(8-6-10-3-2-4-10)13-11-9-16-7-5-12(11)17-14(15)18-13/h10,16H,2-9H2,1H3. The molecule has 0 saturated heterocycles. The molecular formula is C14H21BrN4. The van der Waals surface area contributed by atoms with Crippen molar-refractivity contribution < 1.29 is 0 Å². The van der Waals surface area contributed by atoms with Crippen molar-refractivity contribution in [3.63, 3.8) is 0 Å². The van der Waals surface area contributed by atoms with Gasteiger partial charge in [0.15, 0.2) is 4.73 Å². The Bertz CT molecular complexity index is 459. The highest BCUT2D eigenvalue weighted by atomic mass is 79.9. The number of aromatic nitrogens is 2. The lowest BCUT2D eigenvalue weighted by Gasteiger charge is -2.30. The topological polar surface area (TPSA) is 41.1 Å². The number of rotatable bonds is 4. The van der Waals surface area contributed by atoms with Crippen molar-refractivity contribution >= 4 is 21.7 Å². The molecule has 1 fully saturated rings. The first-order valence-electron chi connectivity index (χ1n) is 7.21. The van der Waals surface area contributed by atoms with Crippen LogP contribution in [0, 0.1) is 5.92 Å². The van der Waals surface area contributed by atoms with Gasteiger partial charge in [0.2, 0.25) is 0 Å². The molecule has 0 amide bonds. The Kier molecular flexibility index (Phi) is 4.03. The highest BCUT2D eigenvalue weighted by molar-refractivity contribution is 9.10. The van der Waals surface area contributed by atoms with Gasteiger partial charge in [-0.05, 0) is 28.3 Å². The molecule has 0 atom stereocenters. The Morgan fingerprint density at radius 2 is 2.21 bits per heavy atom. The van der Waals surface area contributed by atoms with E-state index in [2.05, 4.69) is 43.2 Å². The molecule has 1 aromatic heterocycles. The van der Waals surface area contributed by atoms with E-state index in [0.717, 1.165) is 42.5 Å². The summed E-state index contributed by atoms with van der Waals surface area (Å²) in [5.74, 6) is 2.05. The minimum atomic E-state index is 0.721. The summed E-state index contributed by atoms with van der Waals surface area (Å²) >= 11 is 3.45. The summed E-state index contributed by atoms with van der Waals surface area (Å²) in [5, 5.41) is 3.42. The summed E-state index contributed by atoms with van der Waals surface area (Å²) in [6.07, 6.45) is 6.55. The van der Waals surface area contributed by atoms with E-state index < -0.39 is 0 Å². The largest absolute Gasteiger partial charge is 0.359 e. The Morgan fingerprint density at radius 1 is 1.37 bits per heavy atom. The number of nitrogens with zero attached hydrogens (tertiary/aromatic N) is 3. The highest BCUT2D eigenvalue weighted by Gasteiger charge is 2.21. The third-order valence-electron chi connectivity index (χ3n) is 4.34. The van der Waals surface area contributed by atoms with Crippen molar-refractivity contribution in [2.75, 3.05) is 25.0 Å². The van der Waals surface area contributed by atoms with Gasteiger partial charge in [0, 0.05) is 38.7 Å². The zero-order chi connectivity index (χ0) is 13.2. The van der Waals surface area contributed by atoms with Gasteiger partial charge in [0.05, 0.1) is 5.69 Å². The Balaban J connectivity index is 1.76. The number of fused-ring (bicyclic) bond motifs is 1. The van der Waals surface area contributed by atoms with Crippen LogP contribution >= 0.6 is 15.9 Å². The number of hydrogen-bond donors (Lipinski definition) is 1. The predicted molar refractivity (Wildman–Crippen MR) is 80.4 cm³/mol. The van der Waals surface area contributed by atoms with Crippen molar-refractivity contribution in [3.8, 4) is 0 Å². The molecule has 1 aliphatic heterocycles. The van der Waals surface area contributed by atoms with Crippen LogP contribution in [0.5, 0.6) is 0 Å². The third kappa shape index (κ3) is 2.92. The maximum atomic E-state index is 4.60. The molecule has 2 aliphatic rings. The first kappa shape index (κ1) is 13.3. The highest BCUT2D eigenvalue weighted by Crippen LogP contribution is 2.30. The molecule has 1 aromatic rings. The maximum absolute atomic E-state index is 4.60. The summed E-state index contributed by atoms with van der Waals surface area (Å²) in [6, 6.07) is 0. The smallest absolute Gasteiger partial charge is 0.198 e. The summed E-state index contributed by atoms with van der Waals surface area (Å²) in [5.41, 5.74) is 2.48. The quantitative estimate of drug-likeness (QED) is 0.864. The molecule has 1 saturated carbocycles. The molecule has 104 valence electrons. The second-order valence-electron chi connectivity index (χ2n) is 5.68. The third-order valence-corrected chi connectivity index (χ3v) is 4.70. The molecule has 4 nitrogen and oxygen atoms in total. The van der Waals surface area contributed by atoms with E-state index in [-0.39, 0.29) is 0 Å². The van der Waals surface area contributed by atoms with Crippen LogP contribution < -0.4 is 10.2 Å². The monoisotopic (exact) mass is 324 g/mol. The molecule has 2 heterocycles. The van der Waals surface area contributed by atoms with E-state index in [0.29, 0.717) is 0 Å². The fourth-order valence-electron chi connectivity index (χ4n) is 2.88. The van der Waals surface area contributed by atoms with E-state index in [1.807, 2.05) is 0 Å². The molecule has 19 heavy (non-hydrogen) atoms. The van der Waals surface area contributed by atoms with E-state index >= 15 is 0 Å². The number of hydrogen-bond acceptors (Lipinski definition) is 4. The van der Waals surface area contributed by atoms with Gasteiger partial charge < -0.3 is 10.2 Å². The molecule has 0 radical (unpaired) electrons. The lowest BCUT2D eigenvalue weighted by molar-refractivity contribution is 0.299. The van der Waals surface area contributed by atoms with Gasteiger partial charge in [-0.25, -0.2) is 9.97 Å². The average Bonchev–Trinajstić information content (AvgIpc) is 2.35. The SMILES string of the molecule is CN(CCC1CCC1)c1nc(Br)nc2c1CNCC2. The molecule has 0 unspecified atom stereocenters. The van der Waals surface area contributed by atoms with Crippen LogP contribution in [0.15, 0.2) is 4.73 Å². The van der Waals surface area contributed by atoms with Crippen molar-refractivity contribution in [1.29, 1.82) is 0 Å². The van der Waals surface area contributed by atoms with Crippen molar-refractivity contribution in [2.45, 2.75) is 38.6 Å². The molecule has 1 aliphatic carbocycles. The first-order valence-corrected chi connectivity index (χ1v) is 8.00. The average molecular weight is 325 g/mol. The fourth-order valence-corrected chi connectivity index (χ4v) is 3.26. The summed E-state index contributed by atoms with van der Waals surface area (Å²) < 4.78 is 0.721. The van der Waals surface area contributed by atoms with Crippen LogP contribution in [-0.4, -0.2) is 30.1 Å². The van der Waals surface area contributed by atoms with Gasteiger partial charge in [0.25, 0.3) is 0 Å². The van der Waals surface area contributed by atoms with Gasteiger partial charge in [0.1, 0.15) is 5.82 Å². The zero-order valence-electron chi connectivity index (χ0n) is 11.5. The number of anilines is 1. The van der Waals surface area contributed by atoms with Gasteiger partial charge in [-0.15, -0.1) is 0 Å².